The number of hydrogen-bond acceptors (Lipinski definition) is 19. The van der Waals surface area contributed by atoms with Crippen molar-refractivity contribution in [3.63, 3.8) is 0 Å². The van der Waals surface area contributed by atoms with E-state index in [0.29, 0.717) is 34.0 Å². The SMILES string of the molecule is CC(C)[C@H](NC(=O)[C@H](CS)NC(=O)[C@H](Cc1ccc(O)cc1)NC(=O)[C@H](CCCCN)NC(=O)[C@H](Cc1c[nH]c2ccccc12)NC(=O)[C@@H](Cc1ccccc1)NC(=O)[C@H](CS)NC(=O)[C@H](CC(=O)O)NC(=O)[C@H]1CCCN1C(=O)[C@@H](NC(=O)[C@@H](N)CCC(=O)O)[C@@H](C)O)C(=O)O. The molecule has 1 aliphatic heterocycles. The van der Waals surface area contributed by atoms with E-state index in [1.807, 2.05) is 0 Å². The molecule has 4 aromatic rings. The molecule has 0 bridgehead atoms. The lowest BCUT2D eigenvalue weighted by Crippen LogP contribution is -2.62. The van der Waals surface area contributed by atoms with Gasteiger partial charge in [-0.1, -0.05) is 74.5 Å². The van der Waals surface area contributed by atoms with Crippen LogP contribution in [0.1, 0.15) is 88.8 Å². The molecular formula is C64H87N13O18S2. The fraction of sp³-hybridized carbons (Fsp3) is 0.484. The molecule has 10 amide bonds. The van der Waals surface area contributed by atoms with Crippen LogP contribution in [-0.4, -0.2) is 210 Å². The van der Waals surface area contributed by atoms with Crippen LogP contribution in [0.25, 0.3) is 10.9 Å². The summed E-state index contributed by atoms with van der Waals surface area (Å²) in [4.78, 5) is 181. The molecule has 0 aliphatic carbocycles. The second kappa shape index (κ2) is 38.4. The van der Waals surface area contributed by atoms with Crippen LogP contribution >= 0.6 is 25.3 Å². The highest BCUT2D eigenvalue weighted by Gasteiger charge is 2.42. The third kappa shape index (κ3) is 24.1. The number of nitrogens with one attached hydrogen (secondary N) is 10. The predicted molar refractivity (Wildman–Crippen MR) is 358 cm³/mol. The number of fused-ring (bicyclic) bond motifs is 1. The number of unbranched alkanes of at least 4 members (excludes halogenated alkanes) is 1. The Balaban J connectivity index is 1.42. The average Bonchev–Trinajstić information content (AvgIpc) is 1.78. The standard InChI is InChI=1S/C64H87N13O18S2/c1-33(2)52(64(94)95)75-61(91)48(32-97)74-57(87)44(27-36-18-20-38(79)21-19-36)69-55(85)42(16-9-10-24-65)68-58(88)45(28-37-30-67-41-15-8-7-14-39(37)41)71-56(86)43(26-35-12-5-4-6-13-35)70-60(90)47(31-96)73-59(89)46(29-51(82)83)72-62(92)49-17-11-25-77(49)63(93)53(34(3)78)76-54(84)40(66)22-23-50(80)81/h4-8,12-15,18-21,30,33-34,40,42-49,52-53,67,78-79,96-97H,9-11,16-17,22-29,31-32,65-66H2,1-3H3,(H,68,88)(H,69,85)(H,70,90)(H,71,86)(H,72,92)(H,73,89)(H,74,87)(H,75,91)(H,76,84)(H,80,81)(H,82,83)(H,94,95)/t34-,40+,42+,43-,44+,45+,46+,47+,48+,49-,52+,53+/m1/s1. The number of phenolic OH excluding ortho intramolecular Hbond substituents is 1. The average molecular weight is 1390 g/mol. The molecule has 5 rings (SSSR count). The minimum atomic E-state index is -1.90. The first-order valence-electron chi connectivity index (χ1n) is 31.5. The van der Waals surface area contributed by atoms with Crippen LogP contribution in [0.4, 0.5) is 0 Å². The fourth-order valence-corrected chi connectivity index (χ4v) is 11.1. The number of nitrogens with zero attached hydrogens (tertiary/aromatic N) is 1. The monoisotopic (exact) mass is 1390 g/mol. The third-order valence-electron chi connectivity index (χ3n) is 16.0. The first-order chi connectivity index (χ1) is 46.0. The normalized spacial score (nSPS) is 16.2. The molecule has 2 heterocycles. The molecule has 0 spiro atoms. The summed E-state index contributed by atoms with van der Waals surface area (Å²) in [6.45, 7) is 4.44. The van der Waals surface area contributed by atoms with E-state index in [9.17, 15) is 78.0 Å². The first-order valence-corrected chi connectivity index (χ1v) is 32.7. The molecule has 528 valence electrons. The lowest BCUT2D eigenvalue weighted by molar-refractivity contribution is -0.145. The van der Waals surface area contributed by atoms with E-state index < -0.39 is 174 Å². The van der Waals surface area contributed by atoms with Crippen molar-refractivity contribution in [1.29, 1.82) is 0 Å². The number of carboxylic acids is 3. The number of aromatic nitrogens is 1. The number of likely N-dealkylation sites (tertiary alicyclic amines) is 1. The summed E-state index contributed by atoms with van der Waals surface area (Å²) in [5.74, 6) is -15.2. The van der Waals surface area contributed by atoms with E-state index in [4.69, 9.17) is 16.6 Å². The number of amides is 10. The first kappa shape index (κ1) is 78.4. The number of aliphatic hydroxyl groups excluding tert-OH is 1. The van der Waals surface area contributed by atoms with E-state index in [1.54, 1.807) is 74.6 Å². The number of carboxylic acid groups (broad SMARTS) is 3. The largest absolute Gasteiger partial charge is 0.508 e. The Bertz CT molecular complexity index is 3420. The topological polar surface area (TPSA) is 502 Å². The minimum absolute atomic E-state index is 0.0104. The number of para-hydroxylation sites is 1. The van der Waals surface area contributed by atoms with Crippen LogP contribution in [0.5, 0.6) is 5.75 Å². The third-order valence-corrected chi connectivity index (χ3v) is 16.7. The van der Waals surface area contributed by atoms with Crippen LogP contribution in [0.2, 0.25) is 0 Å². The summed E-state index contributed by atoms with van der Waals surface area (Å²) in [5, 5.41) is 72.7. The lowest BCUT2D eigenvalue weighted by atomic mass is 10.0. The Labute approximate surface area is 569 Å². The number of thiol groups is 2. The number of benzene rings is 3. The van der Waals surface area contributed by atoms with Crippen LogP contribution in [0.3, 0.4) is 0 Å². The highest BCUT2D eigenvalue weighted by molar-refractivity contribution is 7.80. The molecule has 0 saturated carbocycles. The maximum atomic E-state index is 15.0. The molecule has 19 N–H and O–H groups in total. The highest BCUT2D eigenvalue weighted by atomic mass is 32.1. The quantitative estimate of drug-likeness (QED) is 0.0170. The van der Waals surface area contributed by atoms with Crippen molar-refractivity contribution in [1.82, 2.24) is 57.7 Å². The Morgan fingerprint density at radius 2 is 1.06 bits per heavy atom. The Morgan fingerprint density at radius 1 is 0.567 bits per heavy atom. The van der Waals surface area contributed by atoms with Gasteiger partial charge in [-0.05, 0) is 92.8 Å². The van der Waals surface area contributed by atoms with Gasteiger partial charge in [-0.25, -0.2) is 4.79 Å². The number of aromatic amines is 1. The molecule has 3 aromatic carbocycles. The Morgan fingerprint density at radius 3 is 1.60 bits per heavy atom. The van der Waals surface area contributed by atoms with Gasteiger partial charge in [-0.15, -0.1) is 0 Å². The maximum Gasteiger partial charge on any atom is 0.326 e. The molecule has 33 heteroatoms. The second-order valence-corrected chi connectivity index (χ2v) is 24.6. The van der Waals surface area contributed by atoms with E-state index >= 15 is 4.79 Å². The highest BCUT2D eigenvalue weighted by Crippen LogP contribution is 2.22. The number of rotatable bonds is 39. The smallest absolute Gasteiger partial charge is 0.326 e. The minimum Gasteiger partial charge on any atom is -0.508 e. The molecule has 97 heavy (non-hydrogen) atoms. The summed E-state index contributed by atoms with van der Waals surface area (Å²) >= 11 is 8.52. The van der Waals surface area contributed by atoms with Crippen LogP contribution in [0.15, 0.2) is 85.1 Å². The summed E-state index contributed by atoms with van der Waals surface area (Å²) in [6.07, 6.45) is -1.67. The summed E-state index contributed by atoms with van der Waals surface area (Å²) < 4.78 is 0. The van der Waals surface area contributed by atoms with Gasteiger partial charge in [-0.3, -0.25) is 57.5 Å². The number of H-pyrrole nitrogens is 1. The Hall–Kier alpha value is -9.31. The summed E-state index contributed by atoms with van der Waals surface area (Å²) in [5.41, 5.74) is 13.8. The number of aromatic hydroxyl groups is 1. The van der Waals surface area contributed by atoms with Gasteiger partial charge in [0.1, 0.15) is 66.2 Å². The van der Waals surface area contributed by atoms with Crippen molar-refractivity contribution in [2.75, 3.05) is 24.6 Å². The van der Waals surface area contributed by atoms with Gasteiger partial charge in [0, 0.05) is 60.8 Å². The van der Waals surface area contributed by atoms with Crippen LogP contribution < -0.4 is 59.3 Å². The Kier molecular flexibility index (Phi) is 31.1. The number of aliphatic carboxylic acids is 3. The molecular weight excluding hydrogens is 1300 g/mol. The zero-order valence-corrected chi connectivity index (χ0v) is 55.5. The van der Waals surface area contributed by atoms with Gasteiger partial charge in [0.2, 0.25) is 59.1 Å². The van der Waals surface area contributed by atoms with E-state index in [2.05, 4.69) is 78.1 Å². The van der Waals surface area contributed by atoms with Crippen molar-refractivity contribution in [3.05, 3.63) is 102 Å². The molecule has 1 aromatic heterocycles. The molecule has 1 aliphatic rings. The fourth-order valence-electron chi connectivity index (χ4n) is 10.6. The van der Waals surface area contributed by atoms with Crippen molar-refractivity contribution in [3.8, 4) is 5.75 Å². The van der Waals surface area contributed by atoms with Crippen LogP contribution in [-0.2, 0) is 81.6 Å². The van der Waals surface area contributed by atoms with Gasteiger partial charge in [0.25, 0.3) is 0 Å². The summed E-state index contributed by atoms with van der Waals surface area (Å²) in [6, 6.07) is 4.35. The van der Waals surface area contributed by atoms with E-state index in [0.717, 1.165) is 4.90 Å². The van der Waals surface area contributed by atoms with Gasteiger partial charge >= 0.3 is 17.9 Å². The number of carbonyl (C=O) groups is 13. The number of phenols is 1. The zero-order valence-electron chi connectivity index (χ0n) is 53.7. The molecule has 1 saturated heterocycles. The van der Waals surface area contributed by atoms with Gasteiger partial charge < -0.3 is 94.7 Å². The number of aliphatic hydroxyl groups is 1. The second-order valence-electron chi connectivity index (χ2n) is 23.8. The van der Waals surface area contributed by atoms with Crippen LogP contribution in [0, 0.1) is 5.92 Å². The van der Waals surface area contributed by atoms with Crippen molar-refractivity contribution in [2.45, 2.75) is 164 Å². The van der Waals surface area contributed by atoms with Gasteiger partial charge in [0.15, 0.2) is 0 Å². The molecule has 0 radical (unpaired) electrons. The number of hydrogen-bond donors (Lipinski definition) is 19. The van der Waals surface area contributed by atoms with Gasteiger partial charge in [-0.2, -0.15) is 25.3 Å². The zero-order chi connectivity index (χ0) is 71.6. The van der Waals surface area contributed by atoms with Gasteiger partial charge in [0.05, 0.1) is 18.6 Å². The van der Waals surface area contributed by atoms with Crippen molar-refractivity contribution < 1.29 is 87.9 Å². The molecule has 12 atom stereocenters. The van der Waals surface area contributed by atoms with Crippen molar-refractivity contribution >= 4 is 113 Å². The summed E-state index contributed by atoms with van der Waals surface area (Å²) in [7, 11) is 0. The maximum absolute atomic E-state index is 15.0. The number of nitrogens with two attached hydrogens (primary N) is 2. The molecule has 1 fully saturated rings. The predicted octanol–water partition coefficient (Wildman–Crippen LogP) is -1.97. The number of carbonyl (C=O) groups excluding carboxylic acids is 10. The van der Waals surface area contributed by atoms with E-state index in [1.165, 1.54) is 31.2 Å². The van der Waals surface area contributed by atoms with Crippen molar-refractivity contribution in [2.24, 2.45) is 17.4 Å². The molecule has 0 unspecified atom stereocenters. The van der Waals surface area contributed by atoms with E-state index in [-0.39, 0.29) is 76.0 Å². The lowest BCUT2D eigenvalue weighted by Gasteiger charge is -2.31. The molecule has 31 nitrogen and oxygen atoms in total.